The number of carbonyl (C=O) groups excluding carboxylic acids is 2. The molecule has 0 aliphatic rings. The third-order valence-electron chi connectivity index (χ3n) is 4.43. The molecule has 0 spiro atoms. The summed E-state index contributed by atoms with van der Waals surface area (Å²) in [6.07, 6.45) is 2.48. The maximum atomic E-state index is 11.9. The van der Waals surface area contributed by atoms with Gasteiger partial charge in [0.2, 0.25) is 0 Å². The van der Waals surface area contributed by atoms with Gasteiger partial charge in [0.15, 0.2) is 6.29 Å². The minimum Gasteiger partial charge on any atom is -0.480 e. The molecular weight excluding hydrogens is 422 g/mol. The number of nitro groups is 1. The summed E-state index contributed by atoms with van der Waals surface area (Å²) in [5.74, 6) is -0.946. The van der Waals surface area contributed by atoms with Crippen molar-refractivity contribution in [3.05, 3.63) is 52.1 Å². The molecule has 2 aromatic heterocycles. The van der Waals surface area contributed by atoms with Gasteiger partial charge in [0, 0.05) is 30.1 Å². The number of fused-ring (bicyclic) bond motifs is 1. The lowest BCUT2D eigenvalue weighted by Crippen LogP contribution is -2.44. The standard InChI is InChI=1S/C20H21N5O7/c1-20(2,3)32-19(29)23-16(18(27)28)6-11-8-24(10-21-11)17-14(9-26)13-5-4-12(25(30)31)7-15(13)22-17/h4-5,7-10,16,22H,6H2,1-3H3,(H,23,29)(H,27,28)/t16-/m0/s1. The fourth-order valence-electron chi connectivity index (χ4n) is 3.08. The number of imidazole rings is 1. The quantitative estimate of drug-likeness (QED) is 0.284. The van der Waals surface area contributed by atoms with Gasteiger partial charge in [-0.2, -0.15) is 0 Å². The van der Waals surface area contributed by atoms with Crippen LogP contribution in [0.4, 0.5) is 10.5 Å². The molecule has 0 unspecified atom stereocenters. The summed E-state index contributed by atoms with van der Waals surface area (Å²) in [6, 6.07) is 2.80. The zero-order valence-corrected chi connectivity index (χ0v) is 17.5. The van der Waals surface area contributed by atoms with E-state index < -0.39 is 28.6 Å². The summed E-state index contributed by atoms with van der Waals surface area (Å²) in [5, 5.41) is 23.2. The number of nitrogens with one attached hydrogen (secondary N) is 2. The third-order valence-corrected chi connectivity index (χ3v) is 4.43. The number of aromatic nitrogens is 3. The Bertz CT molecular complexity index is 1200. The highest BCUT2D eigenvalue weighted by Gasteiger charge is 2.25. The van der Waals surface area contributed by atoms with E-state index in [-0.39, 0.29) is 17.7 Å². The van der Waals surface area contributed by atoms with Crippen LogP contribution in [0.1, 0.15) is 36.8 Å². The lowest BCUT2D eigenvalue weighted by atomic mass is 10.1. The smallest absolute Gasteiger partial charge is 0.408 e. The molecule has 3 N–H and O–H groups in total. The predicted molar refractivity (Wildman–Crippen MR) is 112 cm³/mol. The molecule has 3 rings (SSSR count). The van der Waals surface area contributed by atoms with Gasteiger partial charge in [0.25, 0.3) is 5.69 Å². The van der Waals surface area contributed by atoms with Gasteiger partial charge in [-0.3, -0.25) is 19.5 Å². The Labute approximate surface area is 181 Å². The molecule has 1 amide bonds. The zero-order chi connectivity index (χ0) is 23.6. The minimum atomic E-state index is -1.29. The van der Waals surface area contributed by atoms with E-state index in [1.54, 1.807) is 20.8 Å². The number of carboxylic acid groups (broad SMARTS) is 1. The lowest BCUT2D eigenvalue weighted by Gasteiger charge is -2.21. The van der Waals surface area contributed by atoms with Crippen LogP contribution in [-0.4, -0.2) is 54.6 Å². The van der Waals surface area contributed by atoms with Crippen LogP contribution in [0.25, 0.3) is 16.7 Å². The van der Waals surface area contributed by atoms with Crippen molar-refractivity contribution >= 4 is 34.9 Å². The van der Waals surface area contributed by atoms with Crippen LogP contribution in [0.3, 0.4) is 0 Å². The van der Waals surface area contributed by atoms with Crippen LogP contribution in [0.5, 0.6) is 0 Å². The highest BCUT2D eigenvalue weighted by molar-refractivity contribution is 6.01. The average Bonchev–Trinajstić information content (AvgIpc) is 3.28. The average molecular weight is 443 g/mol. The summed E-state index contributed by atoms with van der Waals surface area (Å²) in [4.78, 5) is 52.8. The first kappa shape index (κ1) is 22.5. The minimum absolute atomic E-state index is 0.133. The molecule has 3 aromatic rings. The summed E-state index contributed by atoms with van der Waals surface area (Å²) in [6.45, 7) is 4.97. The number of benzene rings is 1. The first-order valence-corrected chi connectivity index (χ1v) is 9.49. The second kappa shape index (κ2) is 8.49. The van der Waals surface area contributed by atoms with Crippen molar-refractivity contribution in [2.45, 2.75) is 38.8 Å². The van der Waals surface area contributed by atoms with Crippen LogP contribution in [0, 0.1) is 10.1 Å². The third kappa shape index (κ3) is 4.91. The fourth-order valence-corrected chi connectivity index (χ4v) is 3.08. The van der Waals surface area contributed by atoms with Gasteiger partial charge in [0.1, 0.15) is 23.8 Å². The molecule has 2 heterocycles. The molecule has 0 aliphatic heterocycles. The Morgan fingerprint density at radius 1 is 1.41 bits per heavy atom. The van der Waals surface area contributed by atoms with Gasteiger partial charge < -0.3 is 20.1 Å². The molecule has 1 aromatic carbocycles. The number of amides is 1. The number of aliphatic carboxylic acids is 1. The molecule has 12 heteroatoms. The lowest BCUT2D eigenvalue weighted by molar-refractivity contribution is -0.384. The summed E-state index contributed by atoms with van der Waals surface area (Å²) >= 11 is 0. The Hall–Kier alpha value is -4.22. The number of carbonyl (C=O) groups is 3. The van der Waals surface area contributed by atoms with Crippen molar-refractivity contribution in [2.75, 3.05) is 0 Å². The first-order chi connectivity index (χ1) is 15.0. The number of ether oxygens (including phenoxy) is 1. The highest BCUT2D eigenvalue weighted by atomic mass is 16.6. The summed E-state index contributed by atoms with van der Waals surface area (Å²) < 4.78 is 6.56. The van der Waals surface area contributed by atoms with Crippen molar-refractivity contribution in [2.24, 2.45) is 0 Å². The second-order valence-corrected chi connectivity index (χ2v) is 8.01. The molecule has 1 atom stereocenters. The van der Waals surface area contributed by atoms with Gasteiger partial charge in [0.05, 0.1) is 21.7 Å². The number of rotatable bonds is 7. The maximum absolute atomic E-state index is 11.9. The highest BCUT2D eigenvalue weighted by Crippen LogP contribution is 2.27. The number of hydrogen-bond acceptors (Lipinski definition) is 7. The molecule has 0 saturated carbocycles. The van der Waals surface area contributed by atoms with Gasteiger partial charge >= 0.3 is 12.1 Å². The Balaban J connectivity index is 1.86. The number of alkyl carbamates (subject to hydrolysis) is 1. The van der Waals surface area contributed by atoms with E-state index in [1.807, 2.05) is 0 Å². The first-order valence-electron chi connectivity index (χ1n) is 9.49. The van der Waals surface area contributed by atoms with Crippen molar-refractivity contribution < 1.29 is 29.2 Å². The van der Waals surface area contributed by atoms with E-state index in [0.717, 1.165) is 0 Å². The van der Waals surface area contributed by atoms with Crippen molar-refractivity contribution in [1.82, 2.24) is 19.9 Å². The monoisotopic (exact) mass is 443 g/mol. The second-order valence-electron chi connectivity index (χ2n) is 8.01. The zero-order valence-electron chi connectivity index (χ0n) is 17.5. The maximum Gasteiger partial charge on any atom is 0.408 e. The molecule has 0 fully saturated rings. The molecule has 168 valence electrons. The SMILES string of the molecule is CC(C)(C)OC(=O)N[C@@H](Cc1cn(-c2[nH]c3cc([N+](=O)[O-])ccc3c2C=O)cn1)C(=O)O. The van der Waals surface area contributed by atoms with E-state index in [2.05, 4.69) is 15.3 Å². The molecular formula is C20H21N5O7. The van der Waals surface area contributed by atoms with Gasteiger partial charge in [-0.25, -0.2) is 14.6 Å². The number of nitro benzene ring substituents is 1. The van der Waals surface area contributed by atoms with E-state index in [9.17, 15) is 29.6 Å². The summed E-state index contributed by atoms with van der Waals surface area (Å²) in [7, 11) is 0. The van der Waals surface area contributed by atoms with Crippen LogP contribution in [0.15, 0.2) is 30.7 Å². The van der Waals surface area contributed by atoms with E-state index in [0.29, 0.717) is 28.7 Å². The van der Waals surface area contributed by atoms with Crippen LogP contribution in [-0.2, 0) is 16.0 Å². The van der Waals surface area contributed by atoms with Crippen LogP contribution < -0.4 is 5.32 Å². The number of non-ortho nitro benzene ring substituents is 1. The Kier molecular flexibility index (Phi) is 5.96. The largest absolute Gasteiger partial charge is 0.480 e. The van der Waals surface area contributed by atoms with Crippen molar-refractivity contribution in [3.8, 4) is 5.82 Å². The Morgan fingerprint density at radius 3 is 2.72 bits per heavy atom. The van der Waals surface area contributed by atoms with E-state index >= 15 is 0 Å². The topological polar surface area (TPSA) is 169 Å². The number of aldehydes is 1. The molecule has 0 bridgehead atoms. The van der Waals surface area contributed by atoms with Gasteiger partial charge in [-0.15, -0.1) is 0 Å². The molecule has 0 radical (unpaired) electrons. The number of nitrogens with zero attached hydrogens (tertiary/aromatic N) is 3. The number of carboxylic acids is 1. The number of hydrogen-bond donors (Lipinski definition) is 3. The fraction of sp³-hybridized carbons (Fsp3) is 0.300. The van der Waals surface area contributed by atoms with Gasteiger partial charge in [-0.05, 0) is 26.8 Å². The normalized spacial score (nSPS) is 12.3. The van der Waals surface area contributed by atoms with E-state index in [1.165, 1.54) is 35.3 Å². The number of aromatic amines is 1. The summed E-state index contributed by atoms with van der Waals surface area (Å²) in [5.41, 5.74) is 0.0635. The molecule has 32 heavy (non-hydrogen) atoms. The van der Waals surface area contributed by atoms with Gasteiger partial charge in [-0.1, -0.05) is 0 Å². The van der Waals surface area contributed by atoms with Crippen LogP contribution in [0.2, 0.25) is 0 Å². The molecule has 12 nitrogen and oxygen atoms in total. The molecule has 0 saturated heterocycles. The number of H-pyrrole nitrogens is 1. The van der Waals surface area contributed by atoms with E-state index in [4.69, 9.17) is 4.74 Å². The predicted octanol–water partition coefficient (Wildman–Crippen LogP) is 2.59. The van der Waals surface area contributed by atoms with Crippen molar-refractivity contribution in [3.63, 3.8) is 0 Å². The van der Waals surface area contributed by atoms with Crippen molar-refractivity contribution in [1.29, 1.82) is 0 Å². The molecule has 0 aliphatic carbocycles. The van der Waals surface area contributed by atoms with Crippen LogP contribution >= 0.6 is 0 Å². The Morgan fingerprint density at radius 2 is 2.12 bits per heavy atom.